The zero-order chi connectivity index (χ0) is 34.1. The highest BCUT2D eigenvalue weighted by Crippen LogP contribution is 2.59. The fourth-order valence-electron chi connectivity index (χ4n) is 8.55. The molecule has 45 heavy (non-hydrogen) atoms. The van der Waals surface area contributed by atoms with Crippen molar-refractivity contribution in [2.75, 3.05) is 6.61 Å². The van der Waals surface area contributed by atoms with Crippen molar-refractivity contribution < 1.29 is 13.3 Å². The van der Waals surface area contributed by atoms with Crippen LogP contribution in [-0.2, 0) is 13.3 Å². The molecule has 0 aromatic rings. The van der Waals surface area contributed by atoms with Crippen molar-refractivity contribution in [2.24, 2.45) is 23.2 Å². The Kier molecular flexibility index (Phi) is 13.0. The summed E-state index contributed by atoms with van der Waals surface area (Å²) in [5, 5.41) is 0.431. The highest BCUT2D eigenvalue weighted by atomic mass is 28.4. The molecule has 3 aliphatic rings. The van der Waals surface area contributed by atoms with E-state index in [1.54, 1.807) is 11.1 Å². The van der Waals surface area contributed by atoms with Gasteiger partial charge in [0.15, 0.2) is 25.0 Å². The summed E-state index contributed by atoms with van der Waals surface area (Å²) >= 11 is 0. The van der Waals surface area contributed by atoms with Crippen LogP contribution in [0.25, 0.3) is 0 Å². The molecule has 3 aliphatic carbocycles. The van der Waals surface area contributed by atoms with E-state index >= 15 is 0 Å². The zero-order valence-electron chi connectivity index (χ0n) is 32.8. The molecule has 3 rings (SSSR count). The summed E-state index contributed by atoms with van der Waals surface area (Å²) in [7, 11) is -5.28. The smallest absolute Gasteiger partial charge is 0.192 e. The Balaban J connectivity index is 1.82. The number of rotatable bonds is 12. The highest BCUT2D eigenvalue weighted by molar-refractivity contribution is 6.74. The first-order chi connectivity index (χ1) is 20.6. The van der Waals surface area contributed by atoms with Crippen LogP contribution in [0.2, 0.25) is 54.4 Å². The minimum Gasteiger partial charge on any atom is -0.417 e. The highest BCUT2D eigenvalue weighted by Gasteiger charge is 2.51. The maximum atomic E-state index is 7.10. The molecule has 262 valence electrons. The Morgan fingerprint density at radius 1 is 0.822 bits per heavy atom. The van der Waals surface area contributed by atoms with Crippen LogP contribution < -0.4 is 0 Å². The quantitative estimate of drug-likeness (QED) is 0.193. The average molecular weight is 677 g/mol. The van der Waals surface area contributed by atoms with Crippen molar-refractivity contribution in [3.8, 4) is 0 Å². The largest absolute Gasteiger partial charge is 0.417 e. The third-order valence-electron chi connectivity index (χ3n) is 13.9. The van der Waals surface area contributed by atoms with Gasteiger partial charge in [0.1, 0.15) is 0 Å². The lowest BCUT2D eigenvalue weighted by atomic mass is 9.61. The van der Waals surface area contributed by atoms with E-state index in [1.165, 1.54) is 50.2 Å². The molecule has 0 saturated heterocycles. The number of fused-ring (bicyclic) bond motifs is 1. The SMILES string of the molecule is CC[Si](CC)(CC)OC[C@@H](C)C1CCC2C(=CC=C3C[C@@H](O[Si](C)(C)C(C)(C)C)C[C@H](O[Si](C)(C)C(C)(C)C)C3)CCC[C@@]21C. The summed E-state index contributed by atoms with van der Waals surface area (Å²) in [4.78, 5) is 0. The number of allylic oxidation sites excluding steroid dienone is 3. The van der Waals surface area contributed by atoms with Gasteiger partial charge in [0, 0.05) is 6.61 Å². The minimum absolute atomic E-state index is 0.215. The van der Waals surface area contributed by atoms with Gasteiger partial charge < -0.3 is 13.3 Å². The zero-order valence-corrected chi connectivity index (χ0v) is 35.8. The fourth-order valence-corrected chi connectivity index (χ4v) is 14.0. The predicted molar refractivity (Wildman–Crippen MR) is 205 cm³/mol. The molecule has 0 amide bonds. The van der Waals surface area contributed by atoms with Gasteiger partial charge in [-0.1, -0.05) is 99.5 Å². The van der Waals surface area contributed by atoms with Crippen molar-refractivity contribution >= 4 is 25.0 Å². The molecule has 2 unspecified atom stereocenters. The van der Waals surface area contributed by atoms with E-state index < -0.39 is 25.0 Å². The molecule has 0 heterocycles. The van der Waals surface area contributed by atoms with Crippen LogP contribution in [0.1, 0.15) is 128 Å². The molecule has 3 saturated carbocycles. The van der Waals surface area contributed by atoms with Gasteiger partial charge in [0.05, 0.1) is 12.2 Å². The molecular formula is C39H76O3Si3. The summed E-state index contributed by atoms with van der Waals surface area (Å²) < 4.78 is 21.0. The van der Waals surface area contributed by atoms with Gasteiger partial charge in [-0.15, -0.1) is 0 Å². The van der Waals surface area contributed by atoms with E-state index in [0.29, 0.717) is 11.3 Å². The van der Waals surface area contributed by atoms with E-state index in [0.717, 1.165) is 37.7 Å². The summed E-state index contributed by atoms with van der Waals surface area (Å²) in [6.45, 7) is 37.1. The summed E-state index contributed by atoms with van der Waals surface area (Å²) in [5.41, 5.74) is 3.68. The molecule has 0 N–H and O–H groups in total. The van der Waals surface area contributed by atoms with Crippen molar-refractivity contribution in [3.05, 3.63) is 23.3 Å². The summed E-state index contributed by atoms with van der Waals surface area (Å²) in [6, 6.07) is 3.76. The Labute approximate surface area is 284 Å². The van der Waals surface area contributed by atoms with Crippen molar-refractivity contribution in [1.82, 2.24) is 0 Å². The molecule has 0 bridgehead atoms. The standard InChI is InChI=1S/C39H76O3Si3/c1-16-45(17-2,18-3)40-29-30(4)35-23-24-36-32(20-19-25-39(35,36)11)22-21-31-26-33(41-43(12,13)37(5,6)7)28-34(27-31)42-44(14,15)38(8,9)10/h21-22,30,33-36H,16-20,23-29H2,1-15H3/t30-,33-,34-,35?,36?,39-/m1/s1. The molecule has 0 aromatic heterocycles. The topological polar surface area (TPSA) is 27.7 Å². The fraction of sp³-hybridized carbons (Fsp3) is 0.897. The van der Waals surface area contributed by atoms with Gasteiger partial charge in [-0.05, 0) is 129 Å². The normalized spacial score (nSPS) is 30.5. The van der Waals surface area contributed by atoms with Gasteiger partial charge in [-0.2, -0.15) is 0 Å². The third-order valence-corrected chi connectivity index (χ3v) is 27.6. The van der Waals surface area contributed by atoms with Crippen LogP contribution in [0.3, 0.4) is 0 Å². The van der Waals surface area contributed by atoms with Crippen LogP contribution in [0.5, 0.6) is 0 Å². The monoisotopic (exact) mass is 677 g/mol. The molecule has 6 atom stereocenters. The first-order valence-electron chi connectivity index (χ1n) is 19.0. The molecule has 0 aromatic carbocycles. The lowest BCUT2D eigenvalue weighted by Gasteiger charge is -2.45. The lowest BCUT2D eigenvalue weighted by Crippen LogP contribution is -2.48. The second-order valence-corrected chi connectivity index (χ2v) is 33.1. The molecule has 0 spiro atoms. The second-order valence-electron chi connectivity index (χ2n) is 18.8. The van der Waals surface area contributed by atoms with E-state index in [1.807, 2.05) is 0 Å². The van der Waals surface area contributed by atoms with Crippen LogP contribution in [0, 0.1) is 23.2 Å². The van der Waals surface area contributed by atoms with E-state index in [2.05, 4.69) is 115 Å². The second kappa shape index (κ2) is 14.9. The van der Waals surface area contributed by atoms with Crippen LogP contribution in [0.15, 0.2) is 23.3 Å². The molecular weight excluding hydrogens is 601 g/mol. The lowest BCUT2D eigenvalue weighted by molar-refractivity contribution is 0.0715. The van der Waals surface area contributed by atoms with E-state index in [-0.39, 0.29) is 22.3 Å². The average Bonchev–Trinajstić information content (AvgIpc) is 3.28. The minimum atomic E-state index is -1.87. The molecule has 0 radical (unpaired) electrons. The van der Waals surface area contributed by atoms with E-state index in [4.69, 9.17) is 13.3 Å². The number of hydrogen-bond acceptors (Lipinski definition) is 3. The maximum absolute atomic E-state index is 7.10. The first-order valence-corrected chi connectivity index (χ1v) is 27.4. The molecule has 3 fully saturated rings. The Morgan fingerprint density at radius 2 is 1.33 bits per heavy atom. The Morgan fingerprint density at radius 3 is 1.80 bits per heavy atom. The van der Waals surface area contributed by atoms with Crippen molar-refractivity contribution in [1.29, 1.82) is 0 Å². The Bertz CT molecular complexity index is 983. The van der Waals surface area contributed by atoms with Crippen molar-refractivity contribution in [2.45, 2.75) is 194 Å². The summed E-state index contributed by atoms with van der Waals surface area (Å²) in [5.74, 6) is 2.15. The number of hydrogen-bond donors (Lipinski definition) is 0. The third kappa shape index (κ3) is 9.17. The van der Waals surface area contributed by atoms with Crippen LogP contribution >= 0.6 is 0 Å². The van der Waals surface area contributed by atoms with Gasteiger partial charge in [-0.3, -0.25) is 0 Å². The summed E-state index contributed by atoms with van der Waals surface area (Å²) in [6.07, 6.45) is 15.5. The van der Waals surface area contributed by atoms with E-state index in [9.17, 15) is 0 Å². The maximum Gasteiger partial charge on any atom is 0.192 e. The van der Waals surface area contributed by atoms with Gasteiger partial charge in [0.2, 0.25) is 0 Å². The molecule has 3 nitrogen and oxygen atoms in total. The van der Waals surface area contributed by atoms with Gasteiger partial charge in [-0.25, -0.2) is 0 Å². The first kappa shape index (κ1) is 39.4. The predicted octanol–water partition coefficient (Wildman–Crippen LogP) is 12.7. The Hall–Kier alpha value is 0.0106. The van der Waals surface area contributed by atoms with Crippen LogP contribution in [0.4, 0.5) is 0 Å². The van der Waals surface area contributed by atoms with Gasteiger partial charge in [0.25, 0.3) is 0 Å². The molecule has 0 aliphatic heterocycles. The van der Waals surface area contributed by atoms with Gasteiger partial charge >= 0.3 is 0 Å². The van der Waals surface area contributed by atoms with Crippen LogP contribution in [-0.4, -0.2) is 43.8 Å². The molecule has 6 heteroatoms. The van der Waals surface area contributed by atoms with Crippen molar-refractivity contribution in [3.63, 3.8) is 0 Å².